The fourth-order valence-corrected chi connectivity index (χ4v) is 3.07. The predicted molar refractivity (Wildman–Crippen MR) is 50.9 cm³/mol. The summed E-state index contributed by atoms with van der Waals surface area (Å²) in [6.07, 6.45) is 3.13. The van der Waals surface area contributed by atoms with Gasteiger partial charge in [-0.25, -0.2) is 8.42 Å². The molecule has 5 heteroatoms. The maximum absolute atomic E-state index is 11.3. The molecule has 0 aliphatic carbocycles. The van der Waals surface area contributed by atoms with Crippen LogP contribution in [0.4, 0.5) is 0 Å². The highest BCUT2D eigenvalue weighted by atomic mass is 32.2. The molecule has 0 spiro atoms. The smallest absolute Gasteiger partial charge is 0.211 e. The van der Waals surface area contributed by atoms with Gasteiger partial charge in [-0.3, -0.25) is 0 Å². The first kappa shape index (κ1) is 10.9. The fraction of sp³-hybridized carbons (Fsp3) is 1.00. The standard InChI is InChI=1S/C8H17NO3S/c1-7(10)6-8-4-3-5-9(8)13(2,11)12/h7-8,10H,3-6H2,1-2H3. The number of aliphatic hydroxyl groups excluding tert-OH is 1. The molecule has 2 unspecified atom stereocenters. The van der Waals surface area contributed by atoms with E-state index in [9.17, 15) is 13.5 Å². The Balaban J connectivity index is 2.65. The zero-order chi connectivity index (χ0) is 10.1. The average Bonchev–Trinajstić information content (AvgIpc) is 2.31. The largest absolute Gasteiger partial charge is 0.393 e. The van der Waals surface area contributed by atoms with Crippen LogP contribution in [0.15, 0.2) is 0 Å². The molecule has 2 atom stereocenters. The first-order valence-electron chi connectivity index (χ1n) is 4.56. The third-order valence-corrected chi connectivity index (χ3v) is 3.69. The highest BCUT2D eigenvalue weighted by Crippen LogP contribution is 2.23. The lowest BCUT2D eigenvalue weighted by Crippen LogP contribution is -2.36. The zero-order valence-electron chi connectivity index (χ0n) is 8.10. The van der Waals surface area contributed by atoms with Gasteiger partial charge in [-0.05, 0) is 26.2 Å². The number of sulfonamides is 1. The molecule has 0 saturated carbocycles. The van der Waals surface area contributed by atoms with Gasteiger partial charge in [0.25, 0.3) is 0 Å². The molecule has 0 aromatic rings. The van der Waals surface area contributed by atoms with Crippen molar-refractivity contribution in [3.05, 3.63) is 0 Å². The van der Waals surface area contributed by atoms with Crippen LogP contribution in [0.2, 0.25) is 0 Å². The lowest BCUT2D eigenvalue weighted by Gasteiger charge is -2.22. The van der Waals surface area contributed by atoms with Crippen LogP contribution in [0.1, 0.15) is 26.2 Å². The molecular formula is C8H17NO3S. The first-order chi connectivity index (χ1) is 5.91. The molecule has 1 N–H and O–H groups in total. The van der Waals surface area contributed by atoms with Gasteiger partial charge in [-0.15, -0.1) is 0 Å². The molecule has 1 heterocycles. The number of hydrogen-bond donors (Lipinski definition) is 1. The lowest BCUT2D eigenvalue weighted by atomic mass is 10.1. The molecule has 4 nitrogen and oxygen atoms in total. The van der Waals surface area contributed by atoms with Crippen molar-refractivity contribution >= 4 is 10.0 Å². The summed E-state index contributed by atoms with van der Waals surface area (Å²) in [5.74, 6) is 0. The summed E-state index contributed by atoms with van der Waals surface area (Å²) < 4.78 is 24.0. The van der Waals surface area contributed by atoms with E-state index in [4.69, 9.17) is 0 Å². The van der Waals surface area contributed by atoms with Gasteiger partial charge in [-0.1, -0.05) is 0 Å². The summed E-state index contributed by atoms with van der Waals surface area (Å²) in [6.45, 7) is 2.30. The van der Waals surface area contributed by atoms with E-state index in [2.05, 4.69) is 0 Å². The maximum atomic E-state index is 11.3. The highest BCUT2D eigenvalue weighted by Gasteiger charge is 2.31. The van der Waals surface area contributed by atoms with E-state index in [1.165, 1.54) is 10.6 Å². The van der Waals surface area contributed by atoms with Crippen molar-refractivity contribution in [2.24, 2.45) is 0 Å². The molecule has 1 saturated heterocycles. The van der Waals surface area contributed by atoms with Crippen LogP contribution in [-0.4, -0.2) is 42.8 Å². The number of rotatable bonds is 3. The molecule has 1 aliphatic rings. The second-order valence-corrected chi connectivity index (χ2v) is 5.69. The minimum atomic E-state index is -3.08. The minimum Gasteiger partial charge on any atom is -0.393 e. The Hall–Kier alpha value is -0.130. The second-order valence-electron chi connectivity index (χ2n) is 3.75. The van der Waals surface area contributed by atoms with Crippen molar-refractivity contribution in [3.63, 3.8) is 0 Å². The van der Waals surface area contributed by atoms with E-state index >= 15 is 0 Å². The van der Waals surface area contributed by atoms with Gasteiger partial charge in [0.1, 0.15) is 0 Å². The van der Waals surface area contributed by atoms with E-state index in [-0.39, 0.29) is 6.04 Å². The van der Waals surface area contributed by atoms with Crippen molar-refractivity contribution in [1.29, 1.82) is 0 Å². The van der Waals surface area contributed by atoms with E-state index in [0.29, 0.717) is 13.0 Å². The summed E-state index contributed by atoms with van der Waals surface area (Å²) in [6, 6.07) is 0.00926. The Morgan fingerprint density at radius 1 is 1.62 bits per heavy atom. The normalized spacial score (nSPS) is 27.8. The van der Waals surface area contributed by atoms with Crippen LogP contribution >= 0.6 is 0 Å². The third-order valence-electron chi connectivity index (χ3n) is 2.36. The number of aliphatic hydroxyl groups is 1. The Morgan fingerprint density at radius 2 is 2.23 bits per heavy atom. The van der Waals surface area contributed by atoms with Crippen molar-refractivity contribution in [2.75, 3.05) is 12.8 Å². The molecule has 0 amide bonds. The van der Waals surface area contributed by atoms with Gasteiger partial charge >= 0.3 is 0 Å². The van der Waals surface area contributed by atoms with Crippen LogP contribution in [0.3, 0.4) is 0 Å². The van der Waals surface area contributed by atoms with Crippen LogP contribution in [0, 0.1) is 0 Å². The van der Waals surface area contributed by atoms with Gasteiger partial charge in [-0.2, -0.15) is 4.31 Å². The van der Waals surface area contributed by atoms with Crippen molar-refractivity contribution in [2.45, 2.75) is 38.3 Å². The van der Waals surface area contributed by atoms with Crippen molar-refractivity contribution in [3.8, 4) is 0 Å². The van der Waals surface area contributed by atoms with Gasteiger partial charge in [0, 0.05) is 12.6 Å². The maximum Gasteiger partial charge on any atom is 0.211 e. The van der Waals surface area contributed by atoms with Crippen LogP contribution in [0.5, 0.6) is 0 Å². The molecule has 78 valence electrons. The molecule has 1 aliphatic heterocycles. The van der Waals surface area contributed by atoms with E-state index < -0.39 is 16.1 Å². The van der Waals surface area contributed by atoms with Gasteiger partial charge in [0.05, 0.1) is 12.4 Å². The lowest BCUT2D eigenvalue weighted by molar-refractivity contribution is 0.158. The van der Waals surface area contributed by atoms with Gasteiger partial charge in [0.15, 0.2) is 0 Å². The van der Waals surface area contributed by atoms with Crippen LogP contribution in [-0.2, 0) is 10.0 Å². The fourth-order valence-electron chi connectivity index (χ4n) is 1.88. The Kier molecular flexibility index (Phi) is 3.32. The molecule has 0 aromatic heterocycles. The summed E-state index contributed by atoms with van der Waals surface area (Å²) in [5, 5.41) is 9.17. The minimum absolute atomic E-state index is 0.00926. The summed E-state index contributed by atoms with van der Waals surface area (Å²) in [4.78, 5) is 0. The topological polar surface area (TPSA) is 57.6 Å². The Morgan fingerprint density at radius 3 is 2.69 bits per heavy atom. The summed E-state index contributed by atoms with van der Waals surface area (Å²) >= 11 is 0. The van der Waals surface area contributed by atoms with Gasteiger partial charge < -0.3 is 5.11 Å². The molecule has 0 radical (unpaired) electrons. The van der Waals surface area contributed by atoms with E-state index in [1.54, 1.807) is 6.92 Å². The quantitative estimate of drug-likeness (QED) is 0.718. The van der Waals surface area contributed by atoms with Crippen LogP contribution in [0.25, 0.3) is 0 Å². The summed E-state index contributed by atoms with van der Waals surface area (Å²) in [7, 11) is -3.08. The number of nitrogens with zero attached hydrogens (tertiary/aromatic N) is 1. The van der Waals surface area contributed by atoms with E-state index in [1.807, 2.05) is 0 Å². The molecule has 0 aromatic carbocycles. The number of hydrogen-bond acceptors (Lipinski definition) is 3. The molecule has 13 heavy (non-hydrogen) atoms. The molecule has 1 fully saturated rings. The summed E-state index contributed by atoms with van der Waals surface area (Å²) in [5.41, 5.74) is 0. The molecule has 1 rings (SSSR count). The SMILES string of the molecule is CC(O)CC1CCCN1S(C)(=O)=O. The third kappa shape index (κ3) is 2.93. The predicted octanol–water partition coefficient (Wildman–Crippen LogP) is 0.181. The Bertz CT molecular complexity index is 261. The van der Waals surface area contributed by atoms with Crippen molar-refractivity contribution < 1.29 is 13.5 Å². The van der Waals surface area contributed by atoms with Crippen molar-refractivity contribution in [1.82, 2.24) is 4.31 Å². The average molecular weight is 207 g/mol. The highest BCUT2D eigenvalue weighted by molar-refractivity contribution is 7.88. The monoisotopic (exact) mass is 207 g/mol. The van der Waals surface area contributed by atoms with Gasteiger partial charge in [0.2, 0.25) is 10.0 Å². The zero-order valence-corrected chi connectivity index (χ0v) is 8.92. The Labute approximate surface area is 79.6 Å². The van der Waals surface area contributed by atoms with Crippen LogP contribution < -0.4 is 0 Å². The molecular weight excluding hydrogens is 190 g/mol. The van der Waals surface area contributed by atoms with E-state index in [0.717, 1.165) is 12.8 Å². The second kappa shape index (κ2) is 3.94. The molecule has 0 bridgehead atoms. The first-order valence-corrected chi connectivity index (χ1v) is 6.41.